The highest BCUT2D eigenvalue weighted by atomic mass is 79.9. The van der Waals surface area contributed by atoms with Gasteiger partial charge in [0.05, 0.1) is 0 Å². The van der Waals surface area contributed by atoms with Crippen molar-refractivity contribution >= 4 is 15.9 Å². The van der Waals surface area contributed by atoms with Crippen LogP contribution in [-0.2, 0) is 6.42 Å². The van der Waals surface area contributed by atoms with Gasteiger partial charge in [0.2, 0.25) is 0 Å². The smallest absolute Gasteiger partial charge is 0.0177 e. The summed E-state index contributed by atoms with van der Waals surface area (Å²) in [5.41, 5.74) is 1.48. The average molecular weight is 338 g/mol. The Labute approximate surface area is 132 Å². The molecule has 1 nitrogen and oxygen atoms in total. The summed E-state index contributed by atoms with van der Waals surface area (Å²) in [6, 6.07) is 8.85. The van der Waals surface area contributed by atoms with Gasteiger partial charge in [0.1, 0.15) is 0 Å². The maximum Gasteiger partial charge on any atom is 0.0177 e. The molecule has 1 aliphatic carbocycles. The summed E-state index contributed by atoms with van der Waals surface area (Å²) in [5, 5.41) is 3.66. The van der Waals surface area contributed by atoms with Crippen molar-refractivity contribution in [3.05, 3.63) is 34.3 Å². The van der Waals surface area contributed by atoms with Crippen LogP contribution in [0.4, 0.5) is 0 Å². The molecule has 1 aromatic rings. The van der Waals surface area contributed by atoms with Gasteiger partial charge in [0.15, 0.2) is 0 Å². The second-order valence-corrected chi connectivity index (χ2v) is 7.11. The number of nitrogens with one attached hydrogen (secondary N) is 1. The first-order valence-electron chi connectivity index (χ1n) is 8.24. The average Bonchev–Trinajstić information content (AvgIpc) is 2.47. The SMILES string of the molecule is CCCNCC(Cc1cccc(Br)c1)C1CCCCC1. The highest BCUT2D eigenvalue weighted by Gasteiger charge is 2.23. The molecule has 1 saturated carbocycles. The Kier molecular flexibility index (Phi) is 7.09. The number of hydrogen-bond acceptors (Lipinski definition) is 1. The molecule has 1 aromatic carbocycles. The lowest BCUT2D eigenvalue weighted by Crippen LogP contribution is -2.31. The predicted molar refractivity (Wildman–Crippen MR) is 91.1 cm³/mol. The minimum absolute atomic E-state index is 0.802. The molecule has 1 atom stereocenters. The highest BCUT2D eigenvalue weighted by molar-refractivity contribution is 9.10. The second kappa shape index (κ2) is 8.84. The zero-order chi connectivity index (χ0) is 14.2. The second-order valence-electron chi connectivity index (χ2n) is 6.20. The zero-order valence-corrected chi connectivity index (χ0v) is 14.3. The lowest BCUT2D eigenvalue weighted by atomic mass is 9.77. The molecule has 1 fully saturated rings. The lowest BCUT2D eigenvalue weighted by Gasteiger charge is -2.31. The molecule has 1 unspecified atom stereocenters. The first kappa shape index (κ1) is 16.0. The highest BCUT2D eigenvalue weighted by Crippen LogP contribution is 2.32. The van der Waals surface area contributed by atoms with Crippen LogP contribution >= 0.6 is 15.9 Å². The number of rotatable bonds is 7. The lowest BCUT2D eigenvalue weighted by molar-refractivity contribution is 0.240. The van der Waals surface area contributed by atoms with Crippen LogP contribution in [0.3, 0.4) is 0 Å². The van der Waals surface area contributed by atoms with Crippen molar-refractivity contribution in [1.82, 2.24) is 5.32 Å². The quantitative estimate of drug-likeness (QED) is 0.675. The fourth-order valence-corrected chi connectivity index (χ4v) is 3.89. The Morgan fingerprint density at radius 3 is 2.75 bits per heavy atom. The Morgan fingerprint density at radius 2 is 2.05 bits per heavy atom. The summed E-state index contributed by atoms with van der Waals surface area (Å²) in [7, 11) is 0. The van der Waals surface area contributed by atoms with Crippen molar-refractivity contribution in [2.75, 3.05) is 13.1 Å². The van der Waals surface area contributed by atoms with Crippen LogP contribution in [-0.4, -0.2) is 13.1 Å². The van der Waals surface area contributed by atoms with E-state index in [1.807, 2.05) is 0 Å². The molecule has 0 radical (unpaired) electrons. The van der Waals surface area contributed by atoms with Crippen LogP contribution < -0.4 is 5.32 Å². The standard InChI is InChI=1S/C18H28BrN/c1-2-11-20-14-17(16-8-4-3-5-9-16)12-15-7-6-10-18(19)13-15/h6-7,10,13,16-17,20H,2-5,8-9,11-12,14H2,1H3. The van der Waals surface area contributed by atoms with Crippen LogP contribution in [0.25, 0.3) is 0 Å². The summed E-state index contributed by atoms with van der Waals surface area (Å²) in [4.78, 5) is 0. The van der Waals surface area contributed by atoms with Crippen molar-refractivity contribution in [3.63, 3.8) is 0 Å². The maximum absolute atomic E-state index is 3.66. The third-order valence-electron chi connectivity index (χ3n) is 4.54. The molecule has 20 heavy (non-hydrogen) atoms. The molecule has 1 aliphatic rings. The fraction of sp³-hybridized carbons (Fsp3) is 0.667. The summed E-state index contributed by atoms with van der Waals surface area (Å²) >= 11 is 3.60. The molecule has 0 aromatic heterocycles. The monoisotopic (exact) mass is 337 g/mol. The summed E-state index contributed by atoms with van der Waals surface area (Å²) < 4.78 is 1.21. The van der Waals surface area contributed by atoms with Crippen molar-refractivity contribution in [2.24, 2.45) is 11.8 Å². The van der Waals surface area contributed by atoms with Gasteiger partial charge in [-0.2, -0.15) is 0 Å². The molecule has 2 heteroatoms. The van der Waals surface area contributed by atoms with E-state index in [1.54, 1.807) is 0 Å². The molecule has 1 N–H and O–H groups in total. The Balaban J connectivity index is 1.97. The largest absolute Gasteiger partial charge is 0.316 e. The van der Waals surface area contributed by atoms with E-state index < -0.39 is 0 Å². The van der Waals surface area contributed by atoms with E-state index in [0.29, 0.717) is 0 Å². The van der Waals surface area contributed by atoms with E-state index in [-0.39, 0.29) is 0 Å². The van der Waals surface area contributed by atoms with E-state index in [9.17, 15) is 0 Å². The van der Waals surface area contributed by atoms with Gasteiger partial charge in [0, 0.05) is 4.47 Å². The van der Waals surface area contributed by atoms with Gasteiger partial charge in [-0.3, -0.25) is 0 Å². The van der Waals surface area contributed by atoms with Gasteiger partial charge < -0.3 is 5.32 Å². The molecule has 0 aliphatic heterocycles. The van der Waals surface area contributed by atoms with Crippen molar-refractivity contribution < 1.29 is 0 Å². The maximum atomic E-state index is 3.66. The van der Waals surface area contributed by atoms with Gasteiger partial charge in [-0.15, -0.1) is 0 Å². The van der Waals surface area contributed by atoms with Crippen molar-refractivity contribution in [1.29, 1.82) is 0 Å². The number of hydrogen-bond donors (Lipinski definition) is 1. The molecule has 0 amide bonds. The molecule has 0 bridgehead atoms. The third-order valence-corrected chi connectivity index (χ3v) is 5.03. The summed E-state index contributed by atoms with van der Waals surface area (Å²) in [5.74, 6) is 1.73. The summed E-state index contributed by atoms with van der Waals surface area (Å²) in [6.07, 6.45) is 9.65. The van der Waals surface area contributed by atoms with E-state index in [4.69, 9.17) is 0 Å². The topological polar surface area (TPSA) is 12.0 Å². The van der Waals surface area contributed by atoms with Crippen LogP contribution in [0, 0.1) is 11.8 Å². The van der Waals surface area contributed by atoms with E-state index in [0.717, 1.165) is 18.4 Å². The fourth-order valence-electron chi connectivity index (χ4n) is 3.44. The Hall–Kier alpha value is -0.340. The molecule has 2 rings (SSSR count). The van der Waals surface area contributed by atoms with Crippen LogP contribution in [0.5, 0.6) is 0 Å². The number of benzene rings is 1. The zero-order valence-electron chi connectivity index (χ0n) is 12.7. The first-order chi connectivity index (χ1) is 9.79. The van der Waals surface area contributed by atoms with Crippen LogP contribution in [0.2, 0.25) is 0 Å². The van der Waals surface area contributed by atoms with E-state index in [2.05, 4.69) is 52.4 Å². The van der Waals surface area contributed by atoms with Crippen LogP contribution in [0.1, 0.15) is 51.0 Å². The van der Waals surface area contributed by atoms with Gasteiger partial charge in [-0.05, 0) is 55.5 Å². The number of halogens is 1. The molecular formula is C18H28BrN. The normalized spacial score (nSPS) is 18.1. The Morgan fingerprint density at radius 1 is 1.25 bits per heavy atom. The van der Waals surface area contributed by atoms with Gasteiger partial charge in [-0.1, -0.05) is 67.1 Å². The third kappa shape index (κ3) is 5.21. The molecule has 112 valence electrons. The summed E-state index contributed by atoms with van der Waals surface area (Å²) in [6.45, 7) is 4.59. The molecule has 0 saturated heterocycles. The van der Waals surface area contributed by atoms with Gasteiger partial charge >= 0.3 is 0 Å². The minimum Gasteiger partial charge on any atom is -0.316 e. The minimum atomic E-state index is 0.802. The van der Waals surface area contributed by atoms with Crippen molar-refractivity contribution in [2.45, 2.75) is 51.9 Å². The molecular weight excluding hydrogens is 310 g/mol. The van der Waals surface area contributed by atoms with Crippen molar-refractivity contribution in [3.8, 4) is 0 Å². The van der Waals surface area contributed by atoms with Gasteiger partial charge in [-0.25, -0.2) is 0 Å². The van der Waals surface area contributed by atoms with Gasteiger partial charge in [0.25, 0.3) is 0 Å². The predicted octanol–water partition coefficient (Wildman–Crippen LogP) is 5.19. The Bertz CT molecular complexity index is 385. The first-order valence-corrected chi connectivity index (χ1v) is 9.04. The van der Waals surface area contributed by atoms with E-state index >= 15 is 0 Å². The van der Waals surface area contributed by atoms with Crippen LogP contribution in [0.15, 0.2) is 28.7 Å². The molecule has 0 spiro atoms. The molecule has 0 heterocycles. The van der Waals surface area contributed by atoms with E-state index in [1.165, 1.54) is 61.5 Å².